The van der Waals surface area contributed by atoms with Crippen molar-refractivity contribution in [3.63, 3.8) is 0 Å². The second-order valence-corrected chi connectivity index (χ2v) is 4.53. The van der Waals surface area contributed by atoms with Crippen LogP contribution < -0.4 is 10.6 Å². The molecule has 17 heavy (non-hydrogen) atoms. The van der Waals surface area contributed by atoms with Gasteiger partial charge in [0.1, 0.15) is 0 Å². The lowest BCUT2D eigenvalue weighted by Gasteiger charge is -2.09. The summed E-state index contributed by atoms with van der Waals surface area (Å²) in [6.45, 7) is 6.56. The molecule has 0 heterocycles. The van der Waals surface area contributed by atoms with Crippen LogP contribution in [-0.4, -0.2) is 18.5 Å². The molecule has 1 amide bonds. The molecule has 0 spiro atoms. The van der Waals surface area contributed by atoms with E-state index in [0.29, 0.717) is 12.6 Å². The zero-order valence-corrected chi connectivity index (χ0v) is 10.9. The van der Waals surface area contributed by atoms with Crippen LogP contribution in [0, 0.1) is 0 Å². The molecule has 0 saturated carbocycles. The quantitative estimate of drug-likeness (QED) is 0.794. The summed E-state index contributed by atoms with van der Waals surface area (Å²) >= 11 is 0. The number of nitrogens with one attached hydrogen (secondary N) is 2. The molecule has 0 atom stereocenters. The largest absolute Gasteiger partial charge is 0.325 e. The van der Waals surface area contributed by atoms with Gasteiger partial charge in [-0.3, -0.25) is 4.79 Å². The Morgan fingerprint density at radius 1 is 1.24 bits per heavy atom. The van der Waals surface area contributed by atoms with Gasteiger partial charge < -0.3 is 10.6 Å². The predicted octanol–water partition coefficient (Wildman–Crippen LogP) is 2.58. The van der Waals surface area contributed by atoms with E-state index < -0.39 is 0 Å². The Morgan fingerprint density at radius 3 is 2.41 bits per heavy atom. The Labute approximate surface area is 104 Å². The Hall–Kier alpha value is -1.35. The van der Waals surface area contributed by atoms with Crippen molar-refractivity contribution in [3.05, 3.63) is 29.8 Å². The van der Waals surface area contributed by atoms with Gasteiger partial charge in [-0.15, -0.1) is 0 Å². The number of carbonyl (C=O) groups is 1. The van der Waals surface area contributed by atoms with Crippen LogP contribution >= 0.6 is 0 Å². The van der Waals surface area contributed by atoms with Gasteiger partial charge in [0.25, 0.3) is 0 Å². The standard InChI is InChI=1S/C14H22N2O/c1-4-5-12-6-8-13(9-7-12)16-14(17)10-15-11(2)3/h6-9,11,15H,4-5,10H2,1-3H3,(H,16,17). The highest BCUT2D eigenvalue weighted by molar-refractivity contribution is 5.92. The molecule has 2 N–H and O–H groups in total. The molecule has 0 aliphatic carbocycles. The van der Waals surface area contributed by atoms with E-state index in [-0.39, 0.29) is 5.91 Å². The average molecular weight is 234 g/mol. The van der Waals surface area contributed by atoms with E-state index in [1.54, 1.807) is 0 Å². The van der Waals surface area contributed by atoms with Crippen molar-refractivity contribution < 1.29 is 4.79 Å². The van der Waals surface area contributed by atoms with Crippen molar-refractivity contribution in [3.8, 4) is 0 Å². The van der Waals surface area contributed by atoms with Crippen LogP contribution in [0.1, 0.15) is 32.8 Å². The van der Waals surface area contributed by atoms with Crippen LogP contribution in [0.4, 0.5) is 5.69 Å². The van der Waals surface area contributed by atoms with E-state index in [2.05, 4.69) is 29.7 Å². The van der Waals surface area contributed by atoms with Gasteiger partial charge in [0, 0.05) is 11.7 Å². The number of carbonyl (C=O) groups excluding carboxylic acids is 1. The van der Waals surface area contributed by atoms with Gasteiger partial charge in [-0.2, -0.15) is 0 Å². The van der Waals surface area contributed by atoms with Gasteiger partial charge in [-0.05, 0) is 24.1 Å². The molecule has 94 valence electrons. The molecule has 0 aromatic heterocycles. The number of amides is 1. The predicted molar refractivity (Wildman–Crippen MR) is 72.2 cm³/mol. The van der Waals surface area contributed by atoms with E-state index in [4.69, 9.17) is 0 Å². The molecular weight excluding hydrogens is 212 g/mol. The monoisotopic (exact) mass is 234 g/mol. The maximum absolute atomic E-state index is 11.6. The Morgan fingerprint density at radius 2 is 1.88 bits per heavy atom. The lowest BCUT2D eigenvalue weighted by atomic mass is 10.1. The van der Waals surface area contributed by atoms with Crippen molar-refractivity contribution in [2.24, 2.45) is 0 Å². The number of hydrogen-bond donors (Lipinski definition) is 2. The zero-order valence-electron chi connectivity index (χ0n) is 10.9. The number of hydrogen-bond acceptors (Lipinski definition) is 2. The van der Waals surface area contributed by atoms with Crippen LogP contribution in [0.25, 0.3) is 0 Å². The zero-order chi connectivity index (χ0) is 12.7. The summed E-state index contributed by atoms with van der Waals surface area (Å²) in [6, 6.07) is 8.37. The van der Waals surface area contributed by atoms with Gasteiger partial charge in [0.15, 0.2) is 0 Å². The number of benzene rings is 1. The average Bonchev–Trinajstić information content (AvgIpc) is 2.29. The summed E-state index contributed by atoms with van der Waals surface area (Å²) in [7, 11) is 0. The van der Waals surface area contributed by atoms with Gasteiger partial charge in [-0.25, -0.2) is 0 Å². The normalized spacial score (nSPS) is 10.6. The van der Waals surface area contributed by atoms with Gasteiger partial charge in [0.05, 0.1) is 6.54 Å². The fourth-order valence-corrected chi connectivity index (χ4v) is 1.55. The molecule has 1 aromatic carbocycles. The minimum absolute atomic E-state index is 0.00180. The summed E-state index contributed by atoms with van der Waals surface area (Å²) in [5.41, 5.74) is 2.17. The first kappa shape index (κ1) is 13.7. The third-order valence-electron chi connectivity index (χ3n) is 2.45. The minimum atomic E-state index is 0.00180. The molecule has 3 nitrogen and oxygen atoms in total. The van der Waals surface area contributed by atoms with E-state index in [9.17, 15) is 4.79 Å². The fourth-order valence-electron chi connectivity index (χ4n) is 1.55. The first-order valence-corrected chi connectivity index (χ1v) is 6.24. The lowest BCUT2D eigenvalue weighted by molar-refractivity contribution is -0.115. The molecule has 0 aliphatic heterocycles. The summed E-state index contributed by atoms with van der Waals surface area (Å²) in [4.78, 5) is 11.6. The van der Waals surface area contributed by atoms with Gasteiger partial charge in [0.2, 0.25) is 5.91 Å². The first-order chi connectivity index (χ1) is 8.11. The topological polar surface area (TPSA) is 41.1 Å². The third kappa shape index (κ3) is 5.50. The van der Waals surface area contributed by atoms with Crippen molar-refractivity contribution in [1.82, 2.24) is 5.32 Å². The lowest BCUT2D eigenvalue weighted by Crippen LogP contribution is -2.32. The summed E-state index contributed by atoms with van der Waals surface area (Å²) in [5, 5.41) is 5.95. The van der Waals surface area contributed by atoms with Crippen molar-refractivity contribution in [1.29, 1.82) is 0 Å². The second kappa shape index (κ2) is 7.07. The SMILES string of the molecule is CCCc1ccc(NC(=O)CNC(C)C)cc1. The molecule has 0 bridgehead atoms. The molecule has 0 unspecified atom stereocenters. The third-order valence-corrected chi connectivity index (χ3v) is 2.45. The minimum Gasteiger partial charge on any atom is -0.325 e. The second-order valence-electron chi connectivity index (χ2n) is 4.53. The first-order valence-electron chi connectivity index (χ1n) is 6.24. The van der Waals surface area contributed by atoms with E-state index in [1.807, 2.05) is 26.0 Å². The van der Waals surface area contributed by atoms with Crippen molar-refractivity contribution >= 4 is 11.6 Å². The maximum atomic E-state index is 11.6. The highest BCUT2D eigenvalue weighted by atomic mass is 16.1. The number of anilines is 1. The Balaban J connectivity index is 2.43. The molecular formula is C14H22N2O. The van der Waals surface area contributed by atoms with Crippen molar-refractivity contribution in [2.75, 3.05) is 11.9 Å². The molecule has 1 aromatic rings. The molecule has 3 heteroatoms. The molecule has 0 fully saturated rings. The van der Waals surface area contributed by atoms with E-state index in [0.717, 1.165) is 18.5 Å². The summed E-state index contributed by atoms with van der Waals surface area (Å²) in [5.74, 6) is 0.00180. The Bertz CT molecular complexity index is 344. The molecule has 1 rings (SSSR count). The Kier molecular flexibility index (Phi) is 5.70. The fraction of sp³-hybridized carbons (Fsp3) is 0.500. The molecule has 0 aliphatic rings. The van der Waals surface area contributed by atoms with E-state index >= 15 is 0 Å². The van der Waals surface area contributed by atoms with Gasteiger partial charge >= 0.3 is 0 Å². The van der Waals surface area contributed by atoms with Crippen LogP contribution in [0.5, 0.6) is 0 Å². The smallest absolute Gasteiger partial charge is 0.238 e. The van der Waals surface area contributed by atoms with Crippen molar-refractivity contribution in [2.45, 2.75) is 39.7 Å². The highest BCUT2D eigenvalue weighted by Gasteiger charge is 2.02. The maximum Gasteiger partial charge on any atom is 0.238 e. The summed E-state index contributed by atoms with van der Waals surface area (Å²) in [6.07, 6.45) is 2.23. The van der Waals surface area contributed by atoms with E-state index in [1.165, 1.54) is 5.56 Å². The van der Waals surface area contributed by atoms with Crippen LogP contribution in [0.2, 0.25) is 0 Å². The van der Waals surface area contributed by atoms with Crippen LogP contribution in [-0.2, 0) is 11.2 Å². The molecule has 0 saturated heterocycles. The molecule has 0 radical (unpaired) electrons. The van der Waals surface area contributed by atoms with Gasteiger partial charge in [-0.1, -0.05) is 39.3 Å². The number of aryl methyl sites for hydroxylation is 1. The number of rotatable bonds is 6. The van der Waals surface area contributed by atoms with Crippen LogP contribution in [0.15, 0.2) is 24.3 Å². The summed E-state index contributed by atoms with van der Waals surface area (Å²) < 4.78 is 0. The van der Waals surface area contributed by atoms with Crippen LogP contribution in [0.3, 0.4) is 0 Å². The highest BCUT2D eigenvalue weighted by Crippen LogP contribution is 2.10.